The van der Waals surface area contributed by atoms with Crippen LogP contribution in [0.15, 0.2) is 36.9 Å². The number of thioether (sulfide) groups is 1. The Morgan fingerprint density at radius 3 is 2.68 bits per heavy atom. The molecule has 184 valence electrons. The highest BCUT2D eigenvalue weighted by Crippen LogP contribution is 2.71. The predicted molar refractivity (Wildman–Crippen MR) is 133 cm³/mol. The van der Waals surface area contributed by atoms with Crippen molar-refractivity contribution in [2.45, 2.75) is 48.6 Å². The van der Waals surface area contributed by atoms with E-state index in [4.69, 9.17) is 16.3 Å². The second kappa shape index (κ2) is 9.55. The first-order valence-corrected chi connectivity index (χ1v) is 12.9. The highest BCUT2D eigenvalue weighted by Gasteiger charge is 2.77. The van der Waals surface area contributed by atoms with Gasteiger partial charge < -0.3 is 19.6 Å². The summed E-state index contributed by atoms with van der Waals surface area (Å²) >= 11 is 7.67. The smallest absolute Gasteiger partial charge is 0.311 e. The van der Waals surface area contributed by atoms with Gasteiger partial charge in [-0.2, -0.15) is 0 Å². The molecule has 9 heteroatoms. The zero-order chi connectivity index (χ0) is 24.7. The average molecular weight is 507 g/mol. The molecule has 3 heterocycles. The number of benzene rings is 1. The van der Waals surface area contributed by atoms with Crippen molar-refractivity contribution in [2.75, 3.05) is 31.2 Å². The molecule has 2 amide bonds. The van der Waals surface area contributed by atoms with E-state index >= 15 is 0 Å². The van der Waals surface area contributed by atoms with Gasteiger partial charge in [0, 0.05) is 35.2 Å². The molecule has 0 aliphatic carbocycles. The zero-order valence-corrected chi connectivity index (χ0v) is 21.1. The topological polar surface area (TPSA) is 87.2 Å². The third kappa shape index (κ3) is 3.84. The van der Waals surface area contributed by atoms with Gasteiger partial charge in [0.25, 0.3) is 5.91 Å². The summed E-state index contributed by atoms with van der Waals surface area (Å²) in [6, 6.07) is 6.24. The lowest BCUT2D eigenvalue weighted by molar-refractivity contribution is -0.155. The molecule has 3 fully saturated rings. The van der Waals surface area contributed by atoms with Gasteiger partial charge in [-0.05, 0) is 57.4 Å². The highest BCUT2D eigenvalue weighted by atomic mass is 35.5. The van der Waals surface area contributed by atoms with E-state index in [1.807, 2.05) is 6.92 Å². The summed E-state index contributed by atoms with van der Waals surface area (Å²) < 4.78 is 4.21. The number of hydrogen-bond donors (Lipinski definition) is 1. The van der Waals surface area contributed by atoms with Crippen LogP contribution in [0.1, 0.15) is 33.1 Å². The van der Waals surface area contributed by atoms with Gasteiger partial charge in [0.2, 0.25) is 5.91 Å². The minimum absolute atomic E-state index is 0.0952. The number of anilines is 1. The zero-order valence-electron chi connectivity index (χ0n) is 19.5. The second-order valence-electron chi connectivity index (χ2n) is 9.30. The molecular weight excluding hydrogens is 476 g/mol. The molecular formula is C25H31ClN2O5S. The van der Waals surface area contributed by atoms with Gasteiger partial charge in [-0.25, -0.2) is 0 Å². The standard InChI is InChI=1S/C25H31ClN2O5S/c1-4-13-27(17-9-7-16(26)8-10-17)22(31)20-25-12-11-24(3,34-25)19(23(32)33-5-2)18(25)21(30)28(20)14-6-15-29/h4,7-10,18-20,29H,1,5-6,11-15H2,2-3H3/t18-,19-,20?,24+,25?/m0/s1. The first kappa shape index (κ1) is 25.1. The predicted octanol–water partition coefficient (Wildman–Crippen LogP) is 3.29. The van der Waals surface area contributed by atoms with Crippen molar-refractivity contribution in [2.24, 2.45) is 11.8 Å². The van der Waals surface area contributed by atoms with Crippen LogP contribution >= 0.6 is 23.4 Å². The number of fused-ring (bicyclic) bond motifs is 1. The van der Waals surface area contributed by atoms with Crippen LogP contribution in [0.5, 0.6) is 0 Å². The van der Waals surface area contributed by atoms with Gasteiger partial charge in [-0.1, -0.05) is 17.7 Å². The van der Waals surface area contributed by atoms with Crippen LogP contribution in [-0.2, 0) is 19.1 Å². The molecule has 3 aliphatic heterocycles. The SMILES string of the molecule is C=CCN(C(=O)C1N(CCCO)C(=O)[C@@H]2[C@@H](C(=O)OCC)[C@@]3(C)CCC12S3)c1ccc(Cl)cc1. The summed E-state index contributed by atoms with van der Waals surface area (Å²) in [5.41, 5.74) is 0.661. The fourth-order valence-corrected chi connectivity index (χ4v) is 8.46. The molecule has 5 atom stereocenters. The summed E-state index contributed by atoms with van der Waals surface area (Å²) in [6.07, 6.45) is 3.39. The van der Waals surface area contributed by atoms with Crippen LogP contribution in [0.2, 0.25) is 5.02 Å². The Morgan fingerprint density at radius 2 is 2.06 bits per heavy atom. The number of halogens is 1. The molecule has 0 aromatic heterocycles. The van der Waals surface area contributed by atoms with Crippen LogP contribution < -0.4 is 4.90 Å². The van der Waals surface area contributed by atoms with E-state index in [2.05, 4.69) is 6.58 Å². The summed E-state index contributed by atoms with van der Waals surface area (Å²) in [4.78, 5) is 44.3. The molecule has 1 aromatic carbocycles. The fraction of sp³-hybridized carbons (Fsp3) is 0.560. The molecule has 1 N–H and O–H groups in total. The Morgan fingerprint density at radius 1 is 1.35 bits per heavy atom. The van der Waals surface area contributed by atoms with Gasteiger partial charge in [-0.3, -0.25) is 14.4 Å². The lowest BCUT2D eigenvalue weighted by Gasteiger charge is -2.37. The van der Waals surface area contributed by atoms with Crippen molar-refractivity contribution >= 4 is 46.8 Å². The highest BCUT2D eigenvalue weighted by molar-refractivity contribution is 8.02. The van der Waals surface area contributed by atoms with Crippen LogP contribution in [0.3, 0.4) is 0 Å². The molecule has 3 aliphatic rings. The van der Waals surface area contributed by atoms with E-state index in [0.29, 0.717) is 23.6 Å². The number of carbonyl (C=O) groups excluding carboxylic acids is 3. The van der Waals surface area contributed by atoms with Gasteiger partial charge in [0.1, 0.15) is 6.04 Å². The number of hydrogen-bond acceptors (Lipinski definition) is 6. The Kier molecular flexibility index (Phi) is 7.04. The van der Waals surface area contributed by atoms with Crippen LogP contribution in [0.4, 0.5) is 5.69 Å². The number of rotatable bonds is 9. The molecule has 1 spiro atoms. The minimum atomic E-state index is -0.751. The number of aliphatic hydroxyl groups is 1. The number of ether oxygens (including phenoxy) is 1. The van der Waals surface area contributed by atoms with E-state index in [9.17, 15) is 19.5 Å². The second-order valence-corrected chi connectivity index (χ2v) is 11.6. The Bertz CT molecular complexity index is 988. The van der Waals surface area contributed by atoms with Gasteiger partial charge in [0.15, 0.2) is 0 Å². The van der Waals surface area contributed by atoms with E-state index in [1.165, 1.54) is 0 Å². The van der Waals surface area contributed by atoms with Gasteiger partial charge in [-0.15, -0.1) is 18.3 Å². The lowest BCUT2D eigenvalue weighted by Crippen LogP contribution is -2.55. The molecule has 2 bridgehead atoms. The molecule has 0 saturated carbocycles. The maximum absolute atomic E-state index is 14.2. The van der Waals surface area contributed by atoms with Crippen molar-refractivity contribution in [1.29, 1.82) is 0 Å². The molecule has 34 heavy (non-hydrogen) atoms. The number of carbonyl (C=O) groups is 3. The van der Waals surface area contributed by atoms with Crippen LogP contribution in [0.25, 0.3) is 0 Å². The third-order valence-corrected chi connectivity index (χ3v) is 9.56. The summed E-state index contributed by atoms with van der Waals surface area (Å²) in [5, 5.41) is 10.0. The van der Waals surface area contributed by atoms with E-state index < -0.39 is 27.4 Å². The summed E-state index contributed by atoms with van der Waals surface area (Å²) in [6.45, 7) is 8.25. The quantitative estimate of drug-likeness (QED) is 0.408. The summed E-state index contributed by atoms with van der Waals surface area (Å²) in [7, 11) is 0. The molecule has 2 unspecified atom stereocenters. The normalized spacial score (nSPS) is 31.5. The number of likely N-dealkylation sites (tertiary alicyclic amines) is 1. The number of amides is 2. The average Bonchev–Trinajstić information content (AvgIpc) is 3.37. The fourth-order valence-electron chi connectivity index (χ4n) is 6.00. The van der Waals surface area contributed by atoms with Crippen molar-refractivity contribution in [3.8, 4) is 0 Å². The molecule has 3 saturated heterocycles. The molecule has 7 nitrogen and oxygen atoms in total. The number of aliphatic hydroxyl groups excluding tert-OH is 1. The van der Waals surface area contributed by atoms with Crippen molar-refractivity contribution in [1.82, 2.24) is 4.90 Å². The molecule has 4 rings (SSSR count). The van der Waals surface area contributed by atoms with E-state index in [0.717, 1.165) is 6.42 Å². The van der Waals surface area contributed by atoms with Crippen LogP contribution in [0, 0.1) is 11.8 Å². The monoisotopic (exact) mass is 506 g/mol. The molecule has 0 radical (unpaired) electrons. The molecule has 1 aromatic rings. The largest absolute Gasteiger partial charge is 0.466 e. The van der Waals surface area contributed by atoms with E-state index in [1.54, 1.807) is 58.8 Å². The minimum Gasteiger partial charge on any atom is -0.466 e. The first-order valence-electron chi connectivity index (χ1n) is 11.7. The van der Waals surface area contributed by atoms with Crippen molar-refractivity contribution < 1.29 is 24.2 Å². The number of esters is 1. The van der Waals surface area contributed by atoms with E-state index in [-0.39, 0.29) is 44.1 Å². The van der Waals surface area contributed by atoms with Crippen LogP contribution in [-0.4, -0.2) is 69.6 Å². The maximum Gasteiger partial charge on any atom is 0.311 e. The first-order chi connectivity index (χ1) is 16.2. The van der Waals surface area contributed by atoms with Crippen molar-refractivity contribution in [3.63, 3.8) is 0 Å². The van der Waals surface area contributed by atoms with Crippen molar-refractivity contribution in [3.05, 3.63) is 41.9 Å². The Balaban J connectivity index is 1.78. The third-order valence-electron chi connectivity index (χ3n) is 7.32. The van der Waals surface area contributed by atoms with Gasteiger partial charge >= 0.3 is 5.97 Å². The van der Waals surface area contributed by atoms with Gasteiger partial charge in [0.05, 0.1) is 23.2 Å². The summed E-state index contributed by atoms with van der Waals surface area (Å²) in [5.74, 6) is -2.00. The Hall–Kier alpha value is -2.03. The number of nitrogens with zero attached hydrogens (tertiary/aromatic N) is 2. The Labute approximate surface area is 209 Å². The maximum atomic E-state index is 14.2. The lowest BCUT2D eigenvalue weighted by atomic mass is 9.66.